The van der Waals surface area contributed by atoms with Gasteiger partial charge in [-0.1, -0.05) is 12.1 Å². The molecule has 0 aromatic heterocycles. The molecule has 4 amide bonds. The highest BCUT2D eigenvalue weighted by atomic mass is 32.2. The van der Waals surface area contributed by atoms with Gasteiger partial charge >= 0.3 is 18.2 Å². The lowest BCUT2D eigenvalue weighted by Gasteiger charge is -2.27. The zero-order valence-electron chi connectivity index (χ0n) is 12.0. The van der Waals surface area contributed by atoms with Gasteiger partial charge in [0.25, 0.3) is 0 Å². The quantitative estimate of drug-likeness (QED) is 0.851. The average molecular weight is 345 g/mol. The molecule has 1 aromatic rings. The van der Waals surface area contributed by atoms with Gasteiger partial charge in [-0.25, -0.2) is 14.5 Å². The highest BCUT2D eigenvalue weighted by molar-refractivity contribution is 7.99. The number of imide groups is 1. The summed E-state index contributed by atoms with van der Waals surface area (Å²) < 4.78 is 37.9. The Morgan fingerprint density at radius 3 is 2.48 bits per heavy atom. The second-order valence-electron chi connectivity index (χ2n) is 5.20. The van der Waals surface area contributed by atoms with Crippen molar-refractivity contribution in [3.05, 3.63) is 35.4 Å². The number of thioether (sulfide) groups is 1. The van der Waals surface area contributed by atoms with E-state index >= 15 is 0 Å². The Balaban J connectivity index is 1.79. The summed E-state index contributed by atoms with van der Waals surface area (Å²) in [6.07, 6.45) is -4.38. The van der Waals surface area contributed by atoms with Crippen molar-refractivity contribution < 1.29 is 22.8 Å². The Hall–Kier alpha value is -1.90. The van der Waals surface area contributed by atoms with Gasteiger partial charge in [0, 0.05) is 25.4 Å². The van der Waals surface area contributed by atoms with E-state index in [9.17, 15) is 22.8 Å². The Bertz CT molecular complexity index is 621. The number of hydrogen-bond donors (Lipinski definition) is 1. The van der Waals surface area contributed by atoms with Gasteiger partial charge < -0.3 is 10.2 Å². The van der Waals surface area contributed by atoms with E-state index in [1.54, 1.807) is 0 Å². The molecule has 23 heavy (non-hydrogen) atoms. The normalized spacial score (nSPS) is 21.7. The van der Waals surface area contributed by atoms with Gasteiger partial charge in [0.05, 0.1) is 5.56 Å². The number of rotatable bonds is 1. The van der Waals surface area contributed by atoms with Crippen molar-refractivity contribution in [2.45, 2.75) is 11.6 Å². The van der Waals surface area contributed by atoms with Crippen molar-refractivity contribution in [2.24, 2.45) is 0 Å². The highest BCUT2D eigenvalue weighted by Gasteiger charge is 2.37. The number of nitrogens with one attached hydrogen (secondary N) is 1. The van der Waals surface area contributed by atoms with Crippen molar-refractivity contribution in [2.75, 3.05) is 25.4 Å². The van der Waals surface area contributed by atoms with Crippen LogP contribution in [-0.2, 0) is 6.18 Å². The lowest BCUT2D eigenvalue weighted by molar-refractivity contribution is -0.137. The Morgan fingerprint density at radius 2 is 1.91 bits per heavy atom. The number of amides is 4. The molecule has 0 spiro atoms. The van der Waals surface area contributed by atoms with Crippen LogP contribution in [0, 0.1) is 0 Å². The lowest BCUT2D eigenvalue weighted by Crippen LogP contribution is -2.44. The summed E-state index contributed by atoms with van der Waals surface area (Å²) in [6, 6.07) is 3.96. The molecule has 124 valence electrons. The van der Waals surface area contributed by atoms with Gasteiger partial charge in [-0.2, -0.15) is 13.2 Å². The van der Waals surface area contributed by atoms with Gasteiger partial charge in [-0.05, 0) is 17.7 Å². The van der Waals surface area contributed by atoms with E-state index < -0.39 is 23.8 Å². The molecule has 0 saturated carbocycles. The Labute approximate surface area is 134 Å². The minimum atomic E-state index is -4.38. The topological polar surface area (TPSA) is 52.7 Å². The molecule has 2 heterocycles. The molecule has 2 aliphatic heterocycles. The number of nitrogens with zero attached hydrogens (tertiary/aromatic N) is 2. The predicted octanol–water partition coefficient (Wildman–Crippen LogP) is 2.90. The summed E-state index contributed by atoms with van der Waals surface area (Å²) >= 11 is 1.47. The van der Waals surface area contributed by atoms with Crippen LogP contribution in [0.15, 0.2) is 24.3 Å². The van der Waals surface area contributed by atoms with Crippen LogP contribution >= 0.6 is 11.8 Å². The van der Waals surface area contributed by atoms with E-state index in [0.29, 0.717) is 31.0 Å². The molecule has 0 unspecified atom stereocenters. The van der Waals surface area contributed by atoms with E-state index in [0.717, 1.165) is 17.0 Å². The number of halogens is 3. The van der Waals surface area contributed by atoms with Crippen molar-refractivity contribution in [3.63, 3.8) is 0 Å². The molecule has 2 aliphatic rings. The molecule has 1 aromatic carbocycles. The van der Waals surface area contributed by atoms with Crippen LogP contribution in [0.4, 0.5) is 22.8 Å². The van der Waals surface area contributed by atoms with Crippen LogP contribution in [0.5, 0.6) is 0 Å². The third-order valence-electron chi connectivity index (χ3n) is 3.75. The van der Waals surface area contributed by atoms with Crippen LogP contribution in [0.25, 0.3) is 0 Å². The van der Waals surface area contributed by atoms with Crippen molar-refractivity contribution in [3.8, 4) is 0 Å². The standard InChI is InChI=1S/C14H14F3N3O2S/c15-14(16,17)10-3-1-9(2-4-10)11-19(7-8-23-11)13(22)20-6-5-18-12(20)21/h1-4,11H,5-8H2,(H,18,21)/t11-/m1/s1. The minimum Gasteiger partial charge on any atom is -0.336 e. The summed E-state index contributed by atoms with van der Waals surface area (Å²) in [7, 11) is 0. The molecule has 9 heteroatoms. The molecule has 1 atom stereocenters. The molecule has 2 fully saturated rings. The van der Waals surface area contributed by atoms with Crippen LogP contribution < -0.4 is 5.32 Å². The van der Waals surface area contributed by atoms with Crippen molar-refractivity contribution >= 4 is 23.8 Å². The number of carbonyl (C=O) groups is 2. The van der Waals surface area contributed by atoms with Crippen LogP contribution in [0.2, 0.25) is 0 Å². The third kappa shape index (κ3) is 3.10. The maximum atomic E-state index is 12.6. The Morgan fingerprint density at radius 1 is 1.22 bits per heavy atom. The zero-order chi connectivity index (χ0) is 16.6. The van der Waals surface area contributed by atoms with Crippen molar-refractivity contribution in [1.29, 1.82) is 0 Å². The molecule has 5 nitrogen and oxygen atoms in total. The van der Waals surface area contributed by atoms with E-state index in [2.05, 4.69) is 5.32 Å². The molecule has 0 aliphatic carbocycles. The smallest absolute Gasteiger partial charge is 0.336 e. The average Bonchev–Trinajstić information content (AvgIpc) is 3.14. The zero-order valence-corrected chi connectivity index (χ0v) is 12.8. The largest absolute Gasteiger partial charge is 0.416 e. The number of alkyl halides is 3. The first-order valence-electron chi connectivity index (χ1n) is 7.02. The number of urea groups is 2. The monoisotopic (exact) mass is 345 g/mol. The minimum absolute atomic E-state index is 0.304. The highest BCUT2D eigenvalue weighted by Crippen LogP contribution is 2.39. The van der Waals surface area contributed by atoms with E-state index in [1.807, 2.05) is 0 Å². The third-order valence-corrected chi connectivity index (χ3v) is 5.01. The first kappa shape index (κ1) is 16.0. The fourth-order valence-corrected chi connectivity index (χ4v) is 3.84. The van der Waals surface area contributed by atoms with Gasteiger partial charge in [0.2, 0.25) is 0 Å². The first-order valence-corrected chi connectivity index (χ1v) is 8.07. The van der Waals surface area contributed by atoms with Crippen LogP contribution in [0.3, 0.4) is 0 Å². The summed E-state index contributed by atoms with van der Waals surface area (Å²) in [5.41, 5.74) is -0.102. The molecule has 3 rings (SSSR count). The summed E-state index contributed by atoms with van der Waals surface area (Å²) in [4.78, 5) is 26.7. The molecular weight excluding hydrogens is 331 g/mol. The molecule has 2 saturated heterocycles. The van der Waals surface area contributed by atoms with Gasteiger partial charge in [-0.15, -0.1) is 11.8 Å². The molecular formula is C14H14F3N3O2S. The van der Waals surface area contributed by atoms with Gasteiger partial charge in [-0.3, -0.25) is 0 Å². The molecule has 1 N–H and O–H groups in total. The summed E-state index contributed by atoms with van der Waals surface area (Å²) in [5, 5.41) is 2.18. The number of benzene rings is 1. The molecule has 0 radical (unpaired) electrons. The lowest BCUT2D eigenvalue weighted by atomic mass is 10.1. The number of hydrogen-bond acceptors (Lipinski definition) is 3. The SMILES string of the molecule is O=C1NCCN1C(=O)N1CCS[C@@H]1c1ccc(C(F)(F)F)cc1. The van der Waals surface area contributed by atoms with E-state index in [-0.39, 0.29) is 5.37 Å². The summed E-state index contributed by atoms with van der Waals surface area (Å²) in [5.74, 6) is 0.673. The van der Waals surface area contributed by atoms with Gasteiger partial charge in [0.15, 0.2) is 0 Å². The first-order chi connectivity index (χ1) is 10.9. The maximum absolute atomic E-state index is 12.6. The van der Waals surface area contributed by atoms with Crippen molar-refractivity contribution in [1.82, 2.24) is 15.1 Å². The fourth-order valence-electron chi connectivity index (χ4n) is 2.59. The predicted molar refractivity (Wildman–Crippen MR) is 78.8 cm³/mol. The van der Waals surface area contributed by atoms with Crippen LogP contribution in [0.1, 0.15) is 16.5 Å². The maximum Gasteiger partial charge on any atom is 0.416 e. The Kier molecular flexibility index (Phi) is 4.13. The number of carbonyl (C=O) groups excluding carboxylic acids is 2. The fraction of sp³-hybridized carbons (Fsp3) is 0.429. The molecule has 0 bridgehead atoms. The van der Waals surface area contributed by atoms with E-state index in [4.69, 9.17) is 0 Å². The van der Waals surface area contributed by atoms with Crippen LogP contribution in [-0.4, -0.2) is 47.2 Å². The second-order valence-corrected chi connectivity index (χ2v) is 6.39. The van der Waals surface area contributed by atoms with E-state index in [1.165, 1.54) is 28.8 Å². The van der Waals surface area contributed by atoms with Gasteiger partial charge in [0.1, 0.15) is 5.37 Å². The second kappa shape index (κ2) is 5.95. The summed E-state index contributed by atoms with van der Waals surface area (Å²) in [6.45, 7) is 1.17.